The molecule has 12 atom stereocenters. The molecule has 2 saturated heterocycles. The summed E-state index contributed by atoms with van der Waals surface area (Å²) in [5.41, 5.74) is 0.855. The summed E-state index contributed by atoms with van der Waals surface area (Å²) in [7, 11) is 4.09. The van der Waals surface area contributed by atoms with Crippen molar-refractivity contribution >= 4 is 5.91 Å². The van der Waals surface area contributed by atoms with Crippen molar-refractivity contribution in [1.82, 2.24) is 15.5 Å². The summed E-state index contributed by atoms with van der Waals surface area (Å²) in [4.78, 5) is 14.6. The highest BCUT2D eigenvalue weighted by molar-refractivity contribution is 5.76. The molecular formula is C32H55N3O2. The second-order valence-electron chi connectivity index (χ2n) is 15.4. The number of hydrogen-bond acceptors (Lipinski definition) is 4. The minimum absolute atomic E-state index is 0.0499. The van der Waals surface area contributed by atoms with E-state index in [0.717, 1.165) is 48.6 Å². The number of nitrogens with zero attached hydrogens (tertiary/aromatic N) is 1. The molecule has 0 bridgehead atoms. The first-order valence-corrected chi connectivity index (χ1v) is 15.9. The summed E-state index contributed by atoms with van der Waals surface area (Å²) >= 11 is 0. The Morgan fingerprint density at radius 1 is 0.973 bits per heavy atom. The largest absolute Gasteiger partial charge is 0.357 e. The topological polar surface area (TPSA) is 53.6 Å². The van der Waals surface area contributed by atoms with Gasteiger partial charge in [-0.25, -0.2) is 0 Å². The Hall–Kier alpha value is -0.650. The van der Waals surface area contributed by atoms with E-state index in [2.05, 4.69) is 43.2 Å². The SMILES string of the molecule is C[C@@H]1CC[C@@]2(NC1)O[C@H]1C[C@H]3[C@@H]4CC[C@@H]5CC(NC(=O)CCN(C)C)CC[C@]5(C)[C@H]4CC[C@]3(C)[C@H]1[C@@H]2C. The van der Waals surface area contributed by atoms with Crippen molar-refractivity contribution in [2.24, 2.45) is 52.3 Å². The van der Waals surface area contributed by atoms with E-state index < -0.39 is 0 Å². The molecule has 0 aromatic rings. The van der Waals surface area contributed by atoms with Crippen LogP contribution in [0.5, 0.6) is 0 Å². The minimum atomic E-state index is -0.0499. The molecule has 5 nitrogen and oxygen atoms in total. The maximum absolute atomic E-state index is 12.5. The highest BCUT2D eigenvalue weighted by Gasteiger charge is 2.68. The van der Waals surface area contributed by atoms with Crippen LogP contribution in [0.1, 0.15) is 98.3 Å². The molecule has 1 unspecified atom stereocenters. The molecular weight excluding hydrogens is 458 g/mol. The lowest BCUT2D eigenvalue weighted by atomic mass is 9.44. The lowest BCUT2D eigenvalue weighted by molar-refractivity contribution is -0.136. The quantitative estimate of drug-likeness (QED) is 0.525. The lowest BCUT2D eigenvalue weighted by Gasteiger charge is -2.61. The van der Waals surface area contributed by atoms with E-state index in [1.54, 1.807) is 0 Å². The van der Waals surface area contributed by atoms with Gasteiger partial charge in [-0.2, -0.15) is 0 Å². The fourth-order valence-electron chi connectivity index (χ4n) is 11.2. The third kappa shape index (κ3) is 4.24. The lowest BCUT2D eigenvalue weighted by Crippen LogP contribution is -2.58. The normalized spacial score (nSPS) is 52.9. The van der Waals surface area contributed by atoms with Gasteiger partial charge in [0.15, 0.2) is 0 Å². The van der Waals surface area contributed by atoms with Crippen LogP contribution < -0.4 is 10.6 Å². The summed E-state index contributed by atoms with van der Waals surface area (Å²) in [5.74, 6) is 5.72. The highest BCUT2D eigenvalue weighted by atomic mass is 16.5. The second-order valence-corrected chi connectivity index (χ2v) is 15.4. The number of carbonyl (C=O) groups excluding carboxylic acids is 1. The van der Waals surface area contributed by atoms with Gasteiger partial charge < -0.3 is 15.0 Å². The molecule has 0 aromatic carbocycles. The van der Waals surface area contributed by atoms with Crippen molar-refractivity contribution in [3.8, 4) is 0 Å². The number of carbonyl (C=O) groups is 1. The predicted octanol–water partition coefficient (Wildman–Crippen LogP) is 5.44. The van der Waals surface area contributed by atoms with Crippen LogP contribution in [-0.4, -0.2) is 55.9 Å². The van der Waals surface area contributed by atoms with E-state index in [-0.39, 0.29) is 11.6 Å². The first kappa shape index (κ1) is 26.6. The standard InChI is InChI=1S/C32H55N3O2/c1-20-9-15-32(33-19-20)21(2)29-27(37-32)18-26-24-8-7-22-17-23(34-28(36)12-16-35(5)6)10-13-30(22,3)25(24)11-14-31(26,29)4/h20-27,29,33H,7-19H2,1-6H3,(H,34,36)/t20-,21+,22-,23?,24-,25+,26+,27+,29+,30+,31+,32-/m1/s1. The van der Waals surface area contributed by atoms with E-state index in [4.69, 9.17) is 4.74 Å². The molecule has 1 spiro atoms. The van der Waals surface area contributed by atoms with Gasteiger partial charge in [-0.15, -0.1) is 0 Å². The average Bonchev–Trinajstić information content (AvgIpc) is 3.30. The van der Waals surface area contributed by atoms with E-state index in [1.165, 1.54) is 64.2 Å². The maximum atomic E-state index is 12.5. The Bertz CT molecular complexity index is 868. The van der Waals surface area contributed by atoms with E-state index in [1.807, 2.05) is 14.1 Å². The fourth-order valence-corrected chi connectivity index (χ4v) is 11.2. The molecule has 0 radical (unpaired) electrons. The van der Waals surface area contributed by atoms with Gasteiger partial charge in [0.1, 0.15) is 5.72 Å². The zero-order chi connectivity index (χ0) is 26.2. The zero-order valence-corrected chi connectivity index (χ0v) is 24.7. The summed E-state index contributed by atoms with van der Waals surface area (Å²) in [6.07, 6.45) is 14.1. The zero-order valence-electron chi connectivity index (χ0n) is 24.7. The van der Waals surface area contributed by atoms with Crippen molar-refractivity contribution in [3.05, 3.63) is 0 Å². The third-order valence-corrected chi connectivity index (χ3v) is 13.3. The number of fused-ring (bicyclic) bond motifs is 7. The van der Waals surface area contributed by atoms with Crippen LogP contribution >= 0.6 is 0 Å². The van der Waals surface area contributed by atoms with Crippen LogP contribution in [0.25, 0.3) is 0 Å². The number of nitrogens with one attached hydrogen (secondary N) is 2. The Morgan fingerprint density at radius 3 is 2.49 bits per heavy atom. The number of piperidine rings is 1. The first-order valence-electron chi connectivity index (χ1n) is 15.9. The van der Waals surface area contributed by atoms with Crippen LogP contribution in [0.2, 0.25) is 0 Å². The van der Waals surface area contributed by atoms with Crippen LogP contribution in [0.15, 0.2) is 0 Å². The van der Waals surface area contributed by atoms with Crippen molar-refractivity contribution in [2.75, 3.05) is 27.2 Å². The predicted molar refractivity (Wildman–Crippen MR) is 149 cm³/mol. The maximum Gasteiger partial charge on any atom is 0.221 e. The Labute approximate surface area is 226 Å². The molecule has 4 aliphatic carbocycles. The van der Waals surface area contributed by atoms with Crippen LogP contribution in [0, 0.1) is 52.3 Å². The van der Waals surface area contributed by atoms with E-state index >= 15 is 0 Å². The number of ether oxygens (including phenoxy) is 1. The molecule has 210 valence electrons. The Kier molecular flexibility index (Phi) is 6.80. The van der Waals surface area contributed by atoms with Crippen molar-refractivity contribution in [2.45, 2.75) is 116 Å². The molecule has 5 heteroatoms. The fraction of sp³-hybridized carbons (Fsp3) is 0.969. The number of rotatable bonds is 4. The Morgan fingerprint density at radius 2 is 1.76 bits per heavy atom. The van der Waals surface area contributed by atoms with Gasteiger partial charge in [-0.1, -0.05) is 27.7 Å². The third-order valence-electron chi connectivity index (χ3n) is 13.3. The second kappa shape index (κ2) is 9.47. The molecule has 6 fully saturated rings. The average molecular weight is 514 g/mol. The molecule has 2 N–H and O–H groups in total. The first-order chi connectivity index (χ1) is 17.6. The van der Waals surface area contributed by atoms with Gasteiger partial charge in [0.2, 0.25) is 5.91 Å². The van der Waals surface area contributed by atoms with Gasteiger partial charge in [0.05, 0.1) is 6.10 Å². The molecule has 6 rings (SSSR count). The van der Waals surface area contributed by atoms with E-state index in [0.29, 0.717) is 35.3 Å². The minimum Gasteiger partial charge on any atom is -0.357 e. The summed E-state index contributed by atoms with van der Waals surface area (Å²) in [6, 6.07) is 0.389. The van der Waals surface area contributed by atoms with Crippen LogP contribution in [-0.2, 0) is 9.53 Å². The summed E-state index contributed by atoms with van der Waals surface area (Å²) in [5, 5.41) is 7.33. The van der Waals surface area contributed by atoms with Gasteiger partial charge >= 0.3 is 0 Å². The summed E-state index contributed by atoms with van der Waals surface area (Å²) < 4.78 is 7.07. The van der Waals surface area contributed by atoms with Crippen LogP contribution in [0.4, 0.5) is 0 Å². The van der Waals surface area contributed by atoms with Crippen molar-refractivity contribution in [3.63, 3.8) is 0 Å². The molecule has 6 aliphatic rings. The van der Waals surface area contributed by atoms with Crippen molar-refractivity contribution in [1.29, 1.82) is 0 Å². The van der Waals surface area contributed by atoms with Gasteiger partial charge in [0, 0.05) is 31.5 Å². The Balaban J connectivity index is 1.13. The molecule has 2 aliphatic heterocycles. The van der Waals surface area contributed by atoms with Crippen molar-refractivity contribution < 1.29 is 9.53 Å². The number of hydrogen-bond donors (Lipinski definition) is 2. The number of amides is 1. The smallest absolute Gasteiger partial charge is 0.221 e. The molecule has 37 heavy (non-hydrogen) atoms. The van der Waals surface area contributed by atoms with E-state index in [9.17, 15) is 4.79 Å². The molecule has 4 saturated carbocycles. The van der Waals surface area contributed by atoms with Gasteiger partial charge in [-0.3, -0.25) is 10.1 Å². The molecule has 1 amide bonds. The monoisotopic (exact) mass is 513 g/mol. The molecule has 2 heterocycles. The van der Waals surface area contributed by atoms with Gasteiger partial charge in [0.25, 0.3) is 0 Å². The van der Waals surface area contributed by atoms with Crippen LogP contribution in [0.3, 0.4) is 0 Å². The summed E-state index contributed by atoms with van der Waals surface area (Å²) in [6.45, 7) is 12.2. The highest BCUT2D eigenvalue weighted by Crippen LogP contribution is 2.71. The van der Waals surface area contributed by atoms with Gasteiger partial charge in [-0.05, 0) is 125 Å². The molecule has 0 aromatic heterocycles.